The van der Waals surface area contributed by atoms with Crippen LogP contribution < -0.4 is 11.0 Å². The lowest BCUT2D eigenvalue weighted by molar-refractivity contribution is -0.118. The number of carbonyl (C=O) groups excluding carboxylic acids is 1. The Morgan fingerprint density at radius 3 is 2.50 bits per heavy atom. The Balaban J connectivity index is 1.36. The number of pyridine rings is 1. The van der Waals surface area contributed by atoms with Crippen LogP contribution in [-0.2, 0) is 4.79 Å². The van der Waals surface area contributed by atoms with Crippen LogP contribution in [-0.4, -0.2) is 47.8 Å². The van der Waals surface area contributed by atoms with Crippen molar-refractivity contribution >= 4 is 34.7 Å². The Hall–Kier alpha value is -4.77. The molecule has 11 heteroatoms. The lowest BCUT2D eigenvalue weighted by atomic mass is 10.1. The average molecular weight is 526 g/mol. The molecule has 0 aliphatic rings. The smallest absolute Gasteiger partial charge is 0.265 e. The lowest BCUT2D eigenvalue weighted by Crippen LogP contribution is -2.22. The number of nitrogens with zero attached hydrogens (tertiary/aromatic N) is 6. The van der Waals surface area contributed by atoms with E-state index in [2.05, 4.69) is 26.1 Å². The highest BCUT2D eigenvalue weighted by atomic mass is 32.2. The predicted molar refractivity (Wildman–Crippen MR) is 146 cm³/mol. The van der Waals surface area contributed by atoms with E-state index >= 15 is 0 Å². The van der Waals surface area contributed by atoms with Crippen LogP contribution in [0, 0.1) is 13.8 Å². The Bertz CT molecular complexity index is 1730. The third-order valence-corrected chi connectivity index (χ3v) is 6.81. The summed E-state index contributed by atoms with van der Waals surface area (Å²) in [5.74, 6) is -0.650. The van der Waals surface area contributed by atoms with E-state index < -0.39 is 0 Å². The first-order valence-electron chi connectivity index (χ1n) is 11.7. The number of benzene rings is 3. The van der Waals surface area contributed by atoms with Gasteiger partial charge in [0.1, 0.15) is 0 Å². The standard InChI is InChI=1S/C27H23N7O3S/c1-17-11-13-19(14-12-17)33-25(36)21-9-5-4-8-20(21)22(26(33)37)15-28-29-24(35)16-38-27-30-31-32-34(27)23-10-6-3-7-18(23)2/h3-15,37H,16H2,1-2H3,(H,29,35)/b28-15-. The van der Waals surface area contributed by atoms with E-state index in [0.717, 1.165) is 16.8 Å². The van der Waals surface area contributed by atoms with Crippen molar-refractivity contribution in [2.24, 2.45) is 5.10 Å². The molecule has 0 aliphatic carbocycles. The number of rotatable bonds is 7. The third kappa shape index (κ3) is 4.91. The van der Waals surface area contributed by atoms with E-state index in [0.29, 0.717) is 27.2 Å². The van der Waals surface area contributed by atoms with E-state index in [-0.39, 0.29) is 23.1 Å². The van der Waals surface area contributed by atoms with Gasteiger partial charge in [-0.1, -0.05) is 65.9 Å². The van der Waals surface area contributed by atoms with Gasteiger partial charge in [-0.25, -0.2) is 9.99 Å². The second kappa shape index (κ2) is 10.7. The van der Waals surface area contributed by atoms with Crippen molar-refractivity contribution in [3.63, 3.8) is 0 Å². The molecule has 0 aliphatic heterocycles. The zero-order valence-electron chi connectivity index (χ0n) is 20.6. The Morgan fingerprint density at radius 1 is 1.03 bits per heavy atom. The van der Waals surface area contributed by atoms with Crippen molar-refractivity contribution in [3.8, 4) is 17.3 Å². The van der Waals surface area contributed by atoms with Crippen LogP contribution in [0.15, 0.2) is 87.8 Å². The Kier molecular flexibility index (Phi) is 7.00. The number of aromatic hydroxyl groups is 1. The fraction of sp³-hybridized carbons (Fsp3) is 0.111. The summed E-state index contributed by atoms with van der Waals surface area (Å²) in [5, 5.41) is 28.3. The number of fused-ring (bicyclic) bond motifs is 1. The van der Waals surface area contributed by atoms with Crippen LogP contribution in [0.1, 0.15) is 16.7 Å². The minimum Gasteiger partial charge on any atom is -0.494 e. The van der Waals surface area contributed by atoms with Crippen molar-refractivity contribution in [3.05, 3.63) is 99.8 Å². The molecule has 2 aromatic heterocycles. The largest absolute Gasteiger partial charge is 0.494 e. The van der Waals surface area contributed by atoms with Crippen LogP contribution in [0.25, 0.3) is 22.1 Å². The number of aromatic nitrogens is 5. The van der Waals surface area contributed by atoms with Gasteiger partial charge < -0.3 is 5.11 Å². The number of aryl methyl sites for hydroxylation is 2. The lowest BCUT2D eigenvalue weighted by Gasteiger charge is -2.13. The van der Waals surface area contributed by atoms with Crippen molar-refractivity contribution in [1.82, 2.24) is 30.2 Å². The first-order chi connectivity index (χ1) is 18.4. The van der Waals surface area contributed by atoms with Gasteiger partial charge in [-0.05, 0) is 54.1 Å². The fourth-order valence-corrected chi connectivity index (χ4v) is 4.65. The summed E-state index contributed by atoms with van der Waals surface area (Å²) in [6.07, 6.45) is 1.34. The van der Waals surface area contributed by atoms with Gasteiger partial charge in [-0.2, -0.15) is 9.78 Å². The van der Waals surface area contributed by atoms with E-state index in [1.165, 1.54) is 22.5 Å². The van der Waals surface area contributed by atoms with Crippen molar-refractivity contribution in [1.29, 1.82) is 0 Å². The monoisotopic (exact) mass is 525 g/mol. The molecule has 5 aromatic rings. The summed E-state index contributed by atoms with van der Waals surface area (Å²) < 4.78 is 2.81. The molecule has 2 heterocycles. The topological polar surface area (TPSA) is 127 Å². The highest BCUT2D eigenvalue weighted by Gasteiger charge is 2.17. The summed E-state index contributed by atoms with van der Waals surface area (Å²) in [6, 6.07) is 21.8. The highest BCUT2D eigenvalue weighted by molar-refractivity contribution is 7.99. The Morgan fingerprint density at radius 2 is 1.74 bits per heavy atom. The van der Waals surface area contributed by atoms with Crippen LogP contribution >= 0.6 is 11.8 Å². The van der Waals surface area contributed by atoms with Crippen molar-refractivity contribution in [2.45, 2.75) is 19.0 Å². The molecule has 0 unspecified atom stereocenters. The number of para-hydroxylation sites is 1. The van der Waals surface area contributed by atoms with Gasteiger partial charge in [0.2, 0.25) is 11.0 Å². The molecular weight excluding hydrogens is 502 g/mol. The maximum atomic E-state index is 13.2. The van der Waals surface area contributed by atoms with Crippen LogP contribution in [0.4, 0.5) is 0 Å². The van der Waals surface area contributed by atoms with Gasteiger partial charge in [0.25, 0.3) is 11.5 Å². The SMILES string of the molecule is Cc1ccc(-n2c(O)c(/C=N\NC(=O)CSc3nnnn3-c3ccccc3C)c3ccccc3c2=O)cc1. The minimum atomic E-state index is -0.388. The normalized spacial score (nSPS) is 11.3. The molecule has 0 atom stereocenters. The zero-order valence-corrected chi connectivity index (χ0v) is 21.4. The summed E-state index contributed by atoms with van der Waals surface area (Å²) >= 11 is 1.17. The summed E-state index contributed by atoms with van der Waals surface area (Å²) in [5.41, 5.74) is 5.78. The number of hydrazone groups is 1. The summed E-state index contributed by atoms with van der Waals surface area (Å²) in [7, 11) is 0. The van der Waals surface area contributed by atoms with E-state index in [4.69, 9.17) is 0 Å². The second-order valence-corrected chi connectivity index (χ2v) is 9.44. The molecule has 3 aromatic carbocycles. The Labute approximate surface area is 221 Å². The molecule has 0 radical (unpaired) electrons. The van der Waals surface area contributed by atoms with Gasteiger partial charge in [-0.3, -0.25) is 9.59 Å². The molecule has 190 valence electrons. The van der Waals surface area contributed by atoms with Crippen molar-refractivity contribution in [2.75, 3.05) is 5.75 Å². The van der Waals surface area contributed by atoms with Gasteiger partial charge in [-0.15, -0.1) is 5.10 Å². The molecule has 0 fully saturated rings. The molecule has 38 heavy (non-hydrogen) atoms. The second-order valence-electron chi connectivity index (χ2n) is 8.50. The van der Waals surface area contributed by atoms with Gasteiger partial charge in [0, 0.05) is 10.8 Å². The summed E-state index contributed by atoms with van der Waals surface area (Å²) in [4.78, 5) is 25.7. The fourth-order valence-electron chi connectivity index (χ4n) is 3.98. The molecule has 0 saturated carbocycles. The molecular formula is C27H23N7O3S. The minimum absolute atomic E-state index is 0.0131. The highest BCUT2D eigenvalue weighted by Crippen LogP contribution is 2.26. The van der Waals surface area contributed by atoms with Crippen LogP contribution in [0.2, 0.25) is 0 Å². The number of nitrogens with one attached hydrogen (secondary N) is 1. The quantitative estimate of drug-likeness (QED) is 0.189. The molecule has 10 nitrogen and oxygen atoms in total. The number of amides is 1. The summed E-state index contributed by atoms with van der Waals surface area (Å²) in [6.45, 7) is 3.89. The van der Waals surface area contributed by atoms with Gasteiger partial charge in [0.05, 0.1) is 28.9 Å². The number of thioether (sulfide) groups is 1. The first kappa shape index (κ1) is 24.9. The first-order valence-corrected chi connectivity index (χ1v) is 12.7. The van der Waals surface area contributed by atoms with Crippen LogP contribution in [0.5, 0.6) is 5.88 Å². The number of hydrogen-bond donors (Lipinski definition) is 2. The maximum absolute atomic E-state index is 13.2. The van der Waals surface area contributed by atoms with Gasteiger partial charge >= 0.3 is 0 Å². The third-order valence-electron chi connectivity index (χ3n) is 5.90. The van der Waals surface area contributed by atoms with Crippen molar-refractivity contribution < 1.29 is 9.90 Å². The molecule has 1 amide bonds. The zero-order chi connectivity index (χ0) is 26.6. The molecule has 0 spiro atoms. The van der Waals surface area contributed by atoms with E-state index in [9.17, 15) is 14.7 Å². The van der Waals surface area contributed by atoms with Crippen LogP contribution in [0.3, 0.4) is 0 Å². The number of tetrazole rings is 1. The van der Waals surface area contributed by atoms with E-state index in [1.54, 1.807) is 41.1 Å². The van der Waals surface area contributed by atoms with Gasteiger partial charge in [0.15, 0.2) is 0 Å². The predicted octanol–water partition coefficient (Wildman–Crippen LogP) is 3.53. The molecule has 5 rings (SSSR count). The maximum Gasteiger partial charge on any atom is 0.265 e. The molecule has 2 N–H and O–H groups in total. The average Bonchev–Trinajstić information content (AvgIpc) is 3.39. The number of hydrogen-bond acceptors (Lipinski definition) is 8. The number of carbonyl (C=O) groups is 1. The molecule has 0 saturated heterocycles. The van der Waals surface area contributed by atoms with E-state index in [1.807, 2.05) is 50.2 Å². The molecule has 0 bridgehead atoms.